The first-order valence-electron chi connectivity index (χ1n) is 6.65. The predicted octanol–water partition coefficient (Wildman–Crippen LogP) is 3.35. The Hall–Kier alpha value is -2.65. The molecule has 3 rings (SSSR count). The maximum atomic E-state index is 11.6. The summed E-state index contributed by atoms with van der Waals surface area (Å²) in [4.78, 5) is 22.6. The van der Waals surface area contributed by atoms with Gasteiger partial charge in [-0.05, 0) is 24.3 Å². The molecule has 1 amide bonds. The number of nitrogens with one attached hydrogen (secondary N) is 1. The van der Waals surface area contributed by atoms with Gasteiger partial charge in [0.05, 0.1) is 16.9 Å². The van der Waals surface area contributed by atoms with Crippen LogP contribution in [0.4, 0.5) is 5.69 Å². The van der Waals surface area contributed by atoms with E-state index in [1.54, 1.807) is 24.3 Å². The van der Waals surface area contributed by atoms with Crippen LogP contribution in [0, 0.1) is 10.1 Å². The van der Waals surface area contributed by atoms with E-state index in [1.807, 2.05) is 0 Å². The van der Waals surface area contributed by atoms with Crippen LogP contribution >= 0.6 is 24.0 Å². The number of rotatable bonds is 4. The highest BCUT2D eigenvalue weighted by atomic mass is 32.2. The third-order valence-corrected chi connectivity index (χ3v) is 4.36. The molecule has 1 N–H and O–H groups in total. The van der Waals surface area contributed by atoms with Gasteiger partial charge in [0.15, 0.2) is 5.75 Å². The van der Waals surface area contributed by atoms with E-state index in [0.717, 1.165) is 11.8 Å². The van der Waals surface area contributed by atoms with Gasteiger partial charge in [-0.15, -0.1) is 0 Å². The number of amides is 1. The minimum absolute atomic E-state index is 0.151. The lowest BCUT2D eigenvalue weighted by atomic mass is 10.1. The SMILES string of the molecule is COc1ccc(-c2ccc(C=C3SC(=S)NC3=O)o2)cc1[N+](=O)[O-]. The number of carbonyl (C=O) groups excluding carboxylic acids is 1. The van der Waals surface area contributed by atoms with E-state index in [-0.39, 0.29) is 17.3 Å². The Morgan fingerprint density at radius 3 is 2.79 bits per heavy atom. The Morgan fingerprint density at radius 1 is 1.38 bits per heavy atom. The number of nitro benzene ring substituents is 1. The molecule has 1 aromatic carbocycles. The summed E-state index contributed by atoms with van der Waals surface area (Å²) >= 11 is 6.07. The fourth-order valence-corrected chi connectivity index (χ4v) is 3.15. The maximum Gasteiger partial charge on any atom is 0.311 e. The lowest BCUT2D eigenvalue weighted by Crippen LogP contribution is -2.17. The number of ether oxygens (including phenoxy) is 1. The Labute approximate surface area is 145 Å². The summed E-state index contributed by atoms with van der Waals surface area (Å²) in [6.45, 7) is 0. The zero-order valence-corrected chi connectivity index (χ0v) is 13.9. The molecule has 1 aliphatic rings. The Morgan fingerprint density at radius 2 is 2.17 bits per heavy atom. The second-order valence-electron chi connectivity index (χ2n) is 4.70. The number of furan rings is 1. The van der Waals surface area contributed by atoms with Crippen LogP contribution in [-0.4, -0.2) is 22.3 Å². The maximum absolute atomic E-state index is 11.6. The number of thiocarbonyl (C=S) groups is 1. The number of hydrogen-bond acceptors (Lipinski definition) is 7. The molecule has 0 aliphatic carbocycles. The van der Waals surface area contributed by atoms with Gasteiger partial charge in [-0.2, -0.15) is 0 Å². The second kappa shape index (κ2) is 6.46. The summed E-state index contributed by atoms with van der Waals surface area (Å²) in [5.74, 6) is 0.789. The molecule has 0 spiro atoms. The van der Waals surface area contributed by atoms with Crippen molar-refractivity contribution in [3.63, 3.8) is 0 Å². The Balaban J connectivity index is 1.92. The van der Waals surface area contributed by atoms with Crippen molar-refractivity contribution in [1.82, 2.24) is 5.32 Å². The molecule has 0 bridgehead atoms. The number of carbonyl (C=O) groups is 1. The number of benzene rings is 1. The normalized spacial score (nSPS) is 15.6. The van der Waals surface area contributed by atoms with Gasteiger partial charge in [-0.3, -0.25) is 14.9 Å². The van der Waals surface area contributed by atoms with E-state index in [1.165, 1.54) is 19.2 Å². The highest BCUT2D eigenvalue weighted by molar-refractivity contribution is 8.26. The molecule has 24 heavy (non-hydrogen) atoms. The number of nitrogens with zero attached hydrogens (tertiary/aromatic N) is 1. The van der Waals surface area contributed by atoms with Crippen LogP contribution in [0.3, 0.4) is 0 Å². The first-order chi connectivity index (χ1) is 11.5. The Kier molecular flexibility index (Phi) is 4.36. The standard InChI is InChI=1S/C15H10N2O5S2/c1-21-12-4-2-8(6-10(12)17(19)20)11-5-3-9(22-11)7-13-14(18)16-15(23)24-13/h2-7H,1H3,(H,16,18,23). The van der Waals surface area contributed by atoms with E-state index >= 15 is 0 Å². The van der Waals surface area contributed by atoms with Gasteiger partial charge in [0, 0.05) is 17.7 Å². The Bertz CT molecular complexity index is 888. The van der Waals surface area contributed by atoms with Crippen LogP contribution in [-0.2, 0) is 4.79 Å². The van der Waals surface area contributed by atoms with E-state index in [0.29, 0.717) is 26.3 Å². The van der Waals surface area contributed by atoms with E-state index in [9.17, 15) is 14.9 Å². The summed E-state index contributed by atoms with van der Waals surface area (Å²) in [5, 5.41) is 13.6. The van der Waals surface area contributed by atoms with Crippen molar-refractivity contribution in [3.8, 4) is 17.1 Å². The molecular formula is C15H10N2O5S2. The van der Waals surface area contributed by atoms with E-state index < -0.39 is 4.92 Å². The van der Waals surface area contributed by atoms with Crippen LogP contribution in [0.25, 0.3) is 17.4 Å². The van der Waals surface area contributed by atoms with Crippen LogP contribution in [0.2, 0.25) is 0 Å². The van der Waals surface area contributed by atoms with Crippen molar-refractivity contribution in [1.29, 1.82) is 0 Å². The smallest absolute Gasteiger partial charge is 0.311 e. The summed E-state index contributed by atoms with van der Waals surface area (Å²) in [7, 11) is 1.37. The second-order valence-corrected chi connectivity index (χ2v) is 6.42. The zero-order chi connectivity index (χ0) is 17.3. The molecular weight excluding hydrogens is 352 g/mol. The van der Waals surface area contributed by atoms with Gasteiger partial charge in [0.2, 0.25) is 0 Å². The molecule has 0 unspecified atom stereocenters. The van der Waals surface area contributed by atoms with Gasteiger partial charge in [-0.25, -0.2) is 0 Å². The van der Waals surface area contributed by atoms with Crippen LogP contribution < -0.4 is 10.1 Å². The molecule has 1 fully saturated rings. The van der Waals surface area contributed by atoms with Crippen molar-refractivity contribution < 1.29 is 18.9 Å². The predicted molar refractivity (Wildman–Crippen MR) is 93.7 cm³/mol. The van der Waals surface area contributed by atoms with Crippen molar-refractivity contribution in [2.75, 3.05) is 7.11 Å². The van der Waals surface area contributed by atoms with Crippen molar-refractivity contribution in [2.45, 2.75) is 0 Å². The number of methoxy groups -OCH3 is 1. The lowest BCUT2D eigenvalue weighted by Gasteiger charge is -2.03. The summed E-state index contributed by atoms with van der Waals surface area (Å²) < 4.78 is 11.0. The molecule has 0 atom stereocenters. The summed E-state index contributed by atoms with van der Waals surface area (Å²) in [5.41, 5.74) is 0.383. The molecule has 1 saturated heterocycles. The lowest BCUT2D eigenvalue weighted by molar-refractivity contribution is -0.385. The van der Waals surface area contributed by atoms with E-state index in [2.05, 4.69) is 5.32 Å². The average molecular weight is 362 g/mol. The minimum atomic E-state index is -0.519. The molecule has 7 nitrogen and oxygen atoms in total. The van der Waals surface area contributed by atoms with Gasteiger partial charge < -0.3 is 14.5 Å². The topological polar surface area (TPSA) is 94.6 Å². The zero-order valence-electron chi connectivity index (χ0n) is 12.3. The third-order valence-electron chi connectivity index (χ3n) is 3.20. The molecule has 1 aliphatic heterocycles. The highest BCUT2D eigenvalue weighted by Crippen LogP contribution is 2.34. The first kappa shape index (κ1) is 16.2. The average Bonchev–Trinajstić information content (AvgIpc) is 3.13. The molecule has 2 aromatic rings. The fraction of sp³-hybridized carbons (Fsp3) is 0.0667. The van der Waals surface area contributed by atoms with Crippen molar-refractivity contribution in [3.05, 3.63) is 51.1 Å². The molecule has 2 heterocycles. The van der Waals surface area contributed by atoms with Gasteiger partial charge >= 0.3 is 5.69 Å². The third kappa shape index (κ3) is 3.17. The quantitative estimate of drug-likeness (QED) is 0.386. The van der Waals surface area contributed by atoms with Crippen LogP contribution in [0.1, 0.15) is 5.76 Å². The molecule has 122 valence electrons. The minimum Gasteiger partial charge on any atom is -0.490 e. The van der Waals surface area contributed by atoms with Crippen LogP contribution in [0.5, 0.6) is 5.75 Å². The number of thioether (sulfide) groups is 1. The fourth-order valence-electron chi connectivity index (χ4n) is 2.12. The number of nitro groups is 1. The molecule has 9 heteroatoms. The molecule has 1 aromatic heterocycles. The van der Waals surface area contributed by atoms with Gasteiger partial charge in [-0.1, -0.05) is 24.0 Å². The first-order valence-corrected chi connectivity index (χ1v) is 7.88. The summed E-state index contributed by atoms with van der Waals surface area (Å²) in [6, 6.07) is 7.89. The van der Waals surface area contributed by atoms with Gasteiger partial charge in [0.1, 0.15) is 15.8 Å². The summed E-state index contributed by atoms with van der Waals surface area (Å²) in [6.07, 6.45) is 1.57. The van der Waals surface area contributed by atoms with Gasteiger partial charge in [0.25, 0.3) is 5.91 Å². The highest BCUT2D eigenvalue weighted by Gasteiger charge is 2.23. The molecule has 0 radical (unpaired) electrons. The van der Waals surface area contributed by atoms with E-state index in [4.69, 9.17) is 21.4 Å². The van der Waals surface area contributed by atoms with Crippen molar-refractivity contribution >= 4 is 46.0 Å². The monoisotopic (exact) mass is 362 g/mol. The van der Waals surface area contributed by atoms with Crippen molar-refractivity contribution in [2.24, 2.45) is 0 Å². The number of hydrogen-bond donors (Lipinski definition) is 1. The largest absolute Gasteiger partial charge is 0.490 e. The van der Waals surface area contributed by atoms with Crippen LogP contribution in [0.15, 0.2) is 39.7 Å². The molecule has 0 saturated carbocycles.